The van der Waals surface area contributed by atoms with E-state index in [0.717, 1.165) is 29.2 Å². The predicted molar refractivity (Wildman–Crippen MR) is 114 cm³/mol. The van der Waals surface area contributed by atoms with Crippen LogP contribution in [0.25, 0.3) is 5.82 Å². The highest BCUT2D eigenvalue weighted by Gasteiger charge is 2.37. The standard InChI is InChI=1S/C20H27N5O.2ClH/c1-13-9-14(2)25(24-13)19-8-7-15(11-21-19)12-22-20(26)18-10-16-5-3-4-6-17(16)23-18;;/h7-9,11,16-18,23H,3-6,10,12H2,1-2H3,(H,22,26);2*1H. The lowest BCUT2D eigenvalue weighted by atomic mass is 9.85. The first kappa shape index (κ1) is 22.7. The lowest BCUT2D eigenvalue weighted by Crippen LogP contribution is -2.42. The van der Waals surface area contributed by atoms with E-state index >= 15 is 0 Å². The van der Waals surface area contributed by atoms with E-state index in [1.54, 1.807) is 0 Å². The lowest BCUT2D eigenvalue weighted by Gasteiger charge is -2.24. The number of rotatable bonds is 4. The van der Waals surface area contributed by atoms with E-state index in [1.807, 2.05) is 42.9 Å². The van der Waals surface area contributed by atoms with Crippen molar-refractivity contribution in [3.8, 4) is 5.82 Å². The Labute approximate surface area is 178 Å². The molecule has 0 spiro atoms. The number of nitrogens with zero attached hydrogens (tertiary/aromatic N) is 3. The molecule has 4 rings (SSSR count). The Morgan fingerprint density at radius 3 is 2.68 bits per heavy atom. The number of carbonyl (C=O) groups is 1. The molecular weight excluding hydrogens is 397 g/mol. The van der Waals surface area contributed by atoms with Gasteiger partial charge in [0, 0.05) is 24.5 Å². The Balaban J connectivity index is 0.00000140. The van der Waals surface area contributed by atoms with E-state index in [1.165, 1.54) is 25.7 Å². The molecule has 154 valence electrons. The molecule has 1 amide bonds. The monoisotopic (exact) mass is 425 g/mol. The SMILES string of the molecule is Cc1cc(C)n(-c2ccc(CNC(=O)C3CC4CCCCC4N3)cn2)n1.Cl.Cl. The number of amides is 1. The normalized spacial score (nSPS) is 23.3. The Hall–Kier alpha value is -1.63. The minimum atomic E-state index is -0.0370. The van der Waals surface area contributed by atoms with Gasteiger partial charge in [0.05, 0.1) is 11.7 Å². The molecule has 0 aromatic carbocycles. The maximum Gasteiger partial charge on any atom is 0.237 e. The molecular formula is C20H29Cl2N5O. The fraction of sp³-hybridized carbons (Fsp3) is 0.550. The molecule has 1 saturated carbocycles. The fourth-order valence-corrected chi connectivity index (χ4v) is 4.34. The summed E-state index contributed by atoms with van der Waals surface area (Å²) in [6.07, 6.45) is 7.87. The molecule has 0 radical (unpaired) electrons. The van der Waals surface area contributed by atoms with Crippen molar-refractivity contribution >= 4 is 30.7 Å². The molecule has 28 heavy (non-hydrogen) atoms. The van der Waals surface area contributed by atoms with Crippen LogP contribution in [0.3, 0.4) is 0 Å². The average molecular weight is 426 g/mol. The van der Waals surface area contributed by atoms with Gasteiger partial charge in [-0.2, -0.15) is 5.10 Å². The summed E-state index contributed by atoms with van der Waals surface area (Å²) in [6.45, 7) is 4.50. The Morgan fingerprint density at radius 2 is 2.04 bits per heavy atom. The second-order valence-electron chi connectivity index (χ2n) is 7.69. The number of carbonyl (C=O) groups excluding carboxylic acids is 1. The molecule has 2 aromatic rings. The van der Waals surface area contributed by atoms with Gasteiger partial charge in [0.1, 0.15) is 0 Å². The summed E-state index contributed by atoms with van der Waals surface area (Å²) in [4.78, 5) is 17.0. The smallest absolute Gasteiger partial charge is 0.237 e. The molecule has 1 aliphatic heterocycles. The molecule has 3 atom stereocenters. The van der Waals surface area contributed by atoms with Crippen LogP contribution in [-0.2, 0) is 11.3 Å². The van der Waals surface area contributed by atoms with Crippen molar-refractivity contribution in [3.63, 3.8) is 0 Å². The van der Waals surface area contributed by atoms with Crippen LogP contribution in [0.15, 0.2) is 24.4 Å². The van der Waals surface area contributed by atoms with Crippen molar-refractivity contribution in [2.75, 3.05) is 0 Å². The van der Waals surface area contributed by atoms with Crippen molar-refractivity contribution in [2.45, 2.75) is 64.6 Å². The van der Waals surface area contributed by atoms with Gasteiger partial charge in [0.15, 0.2) is 5.82 Å². The van der Waals surface area contributed by atoms with E-state index < -0.39 is 0 Å². The number of aryl methyl sites for hydroxylation is 2. The summed E-state index contributed by atoms with van der Waals surface area (Å²) in [5.74, 6) is 1.59. The summed E-state index contributed by atoms with van der Waals surface area (Å²) in [7, 11) is 0. The third kappa shape index (κ3) is 4.85. The quantitative estimate of drug-likeness (QED) is 0.788. The third-order valence-electron chi connectivity index (χ3n) is 5.68. The van der Waals surface area contributed by atoms with Gasteiger partial charge in [-0.25, -0.2) is 9.67 Å². The minimum absolute atomic E-state index is 0. The van der Waals surface area contributed by atoms with E-state index in [9.17, 15) is 4.79 Å². The minimum Gasteiger partial charge on any atom is -0.351 e. The van der Waals surface area contributed by atoms with Gasteiger partial charge >= 0.3 is 0 Å². The first-order chi connectivity index (χ1) is 12.6. The lowest BCUT2D eigenvalue weighted by molar-refractivity contribution is -0.123. The van der Waals surface area contributed by atoms with Crippen molar-refractivity contribution in [2.24, 2.45) is 5.92 Å². The van der Waals surface area contributed by atoms with Crippen LogP contribution in [-0.4, -0.2) is 32.8 Å². The summed E-state index contributed by atoms with van der Waals surface area (Å²) in [5.41, 5.74) is 3.04. The van der Waals surface area contributed by atoms with E-state index in [2.05, 4.69) is 20.7 Å². The van der Waals surface area contributed by atoms with Gasteiger partial charge in [-0.15, -0.1) is 24.8 Å². The molecule has 2 aliphatic rings. The largest absolute Gasteiger partial charge is 0.351 e. The van der Waals surface area contributed by atoms with Crippen LogP contribution in [0.4, 0.5) is 0 Å². The zero-order chi connectivity index (χ0) is 18.1. The Bertz CT molecular complexity index is 778. The van der Waals surface area contributed by atoms with Gasteiger partial charge in [0.25, 0.3) is 0 Å². The molecule has 1 saturated heterocycles. The highest BCUT2D eigenvalue weighted by Crippen LogP contribution is 2.33. The fourth-order valence-electron chi connectivity index (χ4n) is 4.34. The zero-order valence-corrected chi connectivity index (χ0v) is 18.0. The molecule has 2 fully saturated rings. The van der Waals surface area contributed by atoms with E-state index in [4.69, 9.17) is 0 Å². The van der Waals surface area contributed by atoms with Crippen molar-refractivity contribution < 1.29 is 4.79 Å². The van der Waals surface area contributed by atoms with Gasteiger partial charge in [0.2, 0.25) is 5.91 Å². The van der Waals surface area contributed by atoms with Crippen LogP contribution in [0.1, 0.15) is 49.1 Å². The number of pyridine rings is 1. The summed E-state index contributed by atoms with van der Waals surface area (Å²) < 4.78 is 1.84. The van der Waals surface area contributed by atoms with Gasteiger partial charge in [-0.1, -0.05) is 18.9 Å². The Kier molecular flexibility index (Phi) is 7.87. The average Bonchev–Trinajstić information content (AvgIpc) is 3.23. The van der Waals surface area contributed by atoms with Crippen LogP contribution in [0.5, 0.6) is 0 Å². The van der Waals surface area contributed by atoms with E-state index in [-0.39, 0.29) is 36.8 Å². The van der Waals surface area contributed by atoms with E-state index in [0.29, 0.717) is 18.5 Å². The second kappa shape index (κ2) is 9.72. The first-order valence-electron chi connectivity index (χ1n) is 9.62. The summed E-state index contributed by atoms with van der Waals surface area (Å²) >= 11 is 0. The number of aromatic nitrogens is 3. The molecule has 2 N–H and O–H groups in total. The number of nitrogens with one attached hydrogen (secondary N) is 2. The van der Waals surface area contributed by atoms with Crippen LogP contribution in [0.2, 0.25) is 0 Å². The van der Waals surface area contributed by atoms with Gasteiger partial charge in [-0.3, -0.25) is 4.79 Å². The number of fused-ring (bicyclic) bond motifs is 1. The topological polar surface area (TPSA) is 71.8 Å². The highest BCUT2D eigenvalue weighted by molar-refractivity contribution is 5.85. The summed E-state index contributed by atoms with van der Waals surface area (Å²) in [6, 6.07) is 6.48. The van der Waals surface area contributed by atoms with Gasteiger partial charge < -0.3 is 10.6 Å². The molecule has 3 heterocycles. The number of hydrogen-bond acceptors (Lipinski definition) is 4. The molecule has 0 bridgehead atoms. The molecule has 2 aromatic heterocycles. The summed E-state index contributed by atoms with van der Waals surface area (Å²) in [5, 5.41) is 11.0. The maximum absolute atomic E-state index is 12.5. The highest BCUT2D eigenvalue weighted by atomic mass is 35.5. The van der Waals surface area contributed by atoms with Crippen LogP contribution in [0, 0.1) is 19.8 Å². The zero-order valence-electron chi connectivity index (χ0n) is 16.4. The number of hydrogen-bond donors (Lipinski definition) is 2. The second-order valence-corrected chi connectivity index (χ2v) is 7.69. The molecule has 3 unspecified atom stereocenters. The maximum atomic E-state index is 12.5. The Morgan fingerprint density at radius 1 is 1.25 bits per heavy atom. The van der Waals surface area contributed by atoms with Crippen molar-refractivity contribution in [1.29, 1.82) is 0 Å². The van der Waals surface area contributed by atoms with Crippen LogP contribution < -0.4 is 10.6 Å². The van der Waals surface area contributed by atoms with Crippen molar-refractivity contribution in [1.82, 2.24) is 25.4 Å². The van der Waals surface area contributed by atoms with Crippen molar-refractivity contribution in [3.05, 3.63) is 41.3 Å². The van der Waals surface area contributed by atoms with Crippen LogP contribution >= 0.6 is 24.8 Å². The molecule has 1 aliphatic carbocycles. The molecule has 8 heteroatoms. The predicted octanol–water partition coefficient (Wildman–Crippen LogP) is 3.26. The first-order valence-corrected chi connectivity index (χ1v) is 9.62. The third-order valence-corrected chi connectivity index (χ3v) is 5.68. The molecule has 6 nitrogen and oxygen atoms in total. The van der Waals surface area contributed by atoms with Gasteiger partial charge in [-0.05, 0) is 56.7 Å². The number of halogens is 2.